The van der Waals surface area contributed by atoms with Crippen LogP contribution in [0.3, 0.4) is 0 Å². The Bertz CT molecular complexity index is 371. The molecule has 7 heteroatoms. The van der Waals surface area contributed by atoms with Gasteiger partial charge in [0, 0.05) is 25.6 Å². The predicted octanol–water partition coefficient (Wildman–Crippen LogP) is 0.248. The lowest BCUT2D eigenvalue weighted by Gasteiger charge is -2.21. The maximum Gasteiger partial charge on any atom is 0.315 e. The van der Waals surface area contributed by atoms with E-state index in [0.717, 1.165) is 0 Å². The Morgan fingerprint density at radius 2 is 2.15 bits per heavy atom. The van der Waals surface area contributed by atoms with E-state index in [2.05, 4.69) is 10.6 Å². The molecule has 0 spiro atoms. The summed E-state index contributed by atoms with van der Waals surface area (Å²) in [5.74, 6) is -0.286. The van der Waals surface area contributed by atoms with Crippen molar-refractivity contribution in [2.45, 2.75) is 45.7 Å². The molecular weight excluding hydrogens is 262 g/mol. The number of carbonyl (C=O) groups is 3. The van der Waals surface area contributed by atoms with Gasteiger partial charge in [-0.2, -0.15) is 0 Å². The third-order valence-electron chi connectivity index (χ3n) is 3.04. The van der Waals surface area contributed by atoms with Crippen LogP contribution in [-0.2, 0) is 14.3 Å². The smallest absolute Gasteiger partial charge is 0.315 e. The van der Waals surface area contributed by atoms with Gasteiger partial charge in [-0.1, -0.05) is 0 Å². The number of rotatable bonds is 6. The van der Waals surface area contributed by atoms with Crippen LogP contribution < -0.4 is 10.6 Å². The van der Waals surface area contributed by atoms with Gasteiger partial charge in [-0.25, -0.2) is 4.79 Å². The third-order valence-corrected chi connectivity index (χ3v) is 3.04. The maximum atomic E-state index is 11.7. The zero-order valence-corrected chi connectivity index (χ0v) is 12.3. The first kappa shape index (κ1) is 16.3. The summed E-state index contributed by atoms with van der Waals surface area (Å²) in [6, 6.07) is -0.397. The Morgan fingerprint density at radius 3 is 2.70 bits per heavy atom. The molecule has 1 saturated heterocycles. The van der Waals surface area contributed by atoms with Gasteiger partial charge in [0.1, 0.15) is 0 Å². The summed E-state index contributed by atoms with van der Waals surface area (Å²) in [5, 5.41) is 5.31. The van der Waals surface area contributed by atoms with Crippen LogP contribution in [0.25, 0.3) is 0 Å². The largest absolute Gasteiger partial charge is 0.466 e. The van der Waals surface area contributed by atoms with Gasteiger partial charge < -0.3 is 20.3 Å². The average Bonchev–Trinajstić information content (AvgIpc) is 2.70. The molecule has 1 unspecified atom stereocenters. The summed E-state index contributed by atoms with van der Waals surface area (Å²) in [5.41, 5.74) is 0. The highest BCUT2D eigenvalue weighted by molar-refractivity contribution is 5.82. The van der Waals surface area contributed by atoms with Crippen molar-refractivity contribution in [2.24, 2.45) is 0 Å². The molecule has 1 heterocycles. The van der Waals surface area contributed by atoms with E-state index in [-0.39, 0.29) is 43.0 Å². The molecule has 20 heavy (non-hydrogen) atoms. The SMILES string of the molecule is CCOC(=O)CCNC(=O)NC1CC(=O)N(C(C)C)C1. The lowest BCUT2D eigenvalue weighted by molar-refractivity contribution is -0.142. The van der Waals surface area contributed by atoms with Crippen molar-refractivity contribution in [3.63, 3.8) is 0 Å². The van der Waals surface area contributed by atoms with Gasteiger partial charge in [0.2, 0.25) is 5.91 Å². The number of nitrogens with one attached hydrogen (secondary N) is 2. The fourth-order valence-corrected chi connectivity index (χ4v) is 2.07. The number of hydrogen-bond acceptors (Lipinski definition) is 4. The van der Waals surface area contributed by atoms with E-state index in [9.17, 15) is 14.4 Å². The Hall–Kier alpha value is -1.79. The molecule has 0 aliphatic carbocycles. The van der Waals surface area contributed by atoms with E-state index in [1.54, 1.807) is 11.8 Å². The molecule has 114 valence electrons. The minimum atomic E-state index is -0.363. The van der Waals surface area contributed by atoms with Gasteiger partial charge in [-0.3, -0.25) is 9.59 Å². The maximum absolute atomic E-state index is 11.7. The highest BCUT2D eigenvalue weighted by Gasteiger charge is 2.31. The van der Waals surface area contributed by atoms with Crippen molar-refractivity contribution in [3.8, 4) is 0 Å². The van der Waals surface area contributed by atoms with Crippen molar-refractivity contribution in [1.29, 1.82) is 0 Å². The van der Waals surface area contributed by atoms with Crippen LogP contribution in [0.2, 0.25) is 0 Å². The molecule has 1 aliphatic rings. The van der Waals surface area contributed by atoms with Crippen LogP contribution in [-0.4, -0.2) is 54.6 Å². The second-order valence-electron chi connectivity index (χ2n) is 5.00. The molecule has 0 aromatic carbocycles. The van der Waals surface area contributed by atoms with Crippen LogP contribution in [0.5, 0.6) is 0 Å². The van der Waals surface area contributed by atoms with Gasteiger partial charge in [0.05, 0.1) is 19.1 Å². The molecule has 2 N–H and O–H groups in total. The Balaban J connectivity index is 2.23. The first-order valence-electron chi connectivity index (χ1n) is 6.93. The van der Waals surface area contributed by atoms with Crippen LogP contribution in [0.4, 0.5) is 4.79 Å². The second kappa shape index (κ2) is 7.72. The van der Waals surface area contributed by atoms with Crippen molar-refractivity contribution in [2.75, 3.05) is 19.7 Å². The molecule has 0 aromatic heterocycles. The zero-order chi connectivity index (χ0) is 15.1. The number of likely N-dealkylation sites (tertiary alicyclic amines) is 1. The average molecular weight is 285 g/mol. The monoisotopic (exact) mass is 285 g/mol. The summed E-state index contributed by atoms with van der Waals surface area (Å²) in [6.07, 6.45) is 0.465. The van der Waals surface area contributed by atoms with Gasteiger partial charge in [-0.05, 0) is 20.8 Å². The first-order chi connectivity index (χ1) is 9.43. The number of urea groups is 1. The number of nitrogens with zero attached hydrogens (tertiary/aromatic N) is 1. The van der Waals surface area contributed by atoms with E-state index >= 15 is 0 Å². The Morgan fingerprint density at radius 1 is 1.45 bits per heavy atom. The van der Waals surface area contributed by atoms with E-state index in [4.69, 9.17) is 4.74 Å². The topological polar surface area (TPSA) is 87.7 Å². The van der Waals surface area contributed by atoms with Crippen molar-refractivity contribution >= 4 is 17.9 Å². The molecule has 0 saturated carbocycles. The molecule has 7 nitrogen and oxygen atoms in total. The highest BCUT2D eigenvalue weighted by atomic mass is 16.5. The standard InChI is InChI=1S/C13H23N3O4/c1-4-20-12(18)5-6-14-13(19)15-10-7-11(17)16(8-10)9(2)3/h9-10H,4-8H2,1-3H3,(H2,14,15,19). The summed E-state index contributed by atoms with van der Waals surface area (Å²) in [4.78, 5) is 36.1. The van der Waals surface area contributed by atoms with Gasteiger partial charge in [0.15, 0.2) is 0 Å². The molecule has 0 radical (unpaired) electrons. The Kier molecular flexibility index (Phi) is 6.27. The minimum absolute atomic E-state index is 0.0526. The number of ether oxygens (including phenoxy) is 1. The molecule has 0 aromatic rings. The van der Waals surface area contributed by atoms with Crippen LogP contribution >= 0.6 is 0 Å². The van der Waals surface area contributed by atoms with Crippen LogP contribution in [0, 0.1) is 0 Å². The number of amides is 3. The summed E-state index contributed by atoms with van der Waals surface area (Å²) in [7, 11) is 0. The van der Waals surface area contributed by atoms with E-state index in [0.29, 0.717) is 19.6 Å². The first-order valence-corrected chi connectivity index (χ1v) is 6.93. The summed E-state index contributed by atoms with van der Waals surface area (Å²) in [6.45, 7) is 6.70. The lowest BCUT2D eigenvalue weighted by atomic mass is 10.2. The van der Waals surface area contributed by atoms with Gasteiger partial charge in [0.25, 0.3) is 0 Å². The summed E-state index contributed by atoms with van der Waals surface area (Å²) >= 11 is 0. The Labute approximate surface area is 119 Å². The molecule has 1 aliphatic heterocycles. The molecule has 3 amide bonds. The fourth-order valence-electron chi connectivity index (χ4n) is 2.07. The third kappa shape index (κ3) is 5.07. The van der Waals surface area contributed by atoms with Crippen molar-refractivity contribution in [1.82, 2.24) is 15.5 Å². The number of hydrogen-bond donors (Lipinski definition) is 2. The second-order valence-corrected chi connectivity index (χ2v) is 5.00. The lowest BCUT2D eigenvalue weighted by Crippen LogP contribution is -2.44. The number of carbonyl (C=O) groups excluding carboxylic acids is 3. The zero-order valence-electron chi connectivity index (χ0n) is 12.3. The van der Waals surface area contributed by atoms with E-state index < -0.39 is 0 Å². The normalized spacial score (nSPS) is 18.3. The molecule has 1 atom stereocenters. The molecule has 1 fully saturated rings. The fraction of sp³-hybridized carbons (Fsp3) is 0.769. The van der Waals surface area contributed by atoms with Crippen molar-refractivity contribution < 1.29 is 19.1 Å². The molecular formula is C13H23N3O4. The predicted molar refractivity (Wildman–Crippen MR) is 73.0 cm³/mol. The van der Waals surface area contributed by atoms with Gasteiger partial charge >= 0.3 is 12.0 Å². The van der Waals surface area contributed by atoms with Gasteiger partial charge in [-0.15, -0.1) is 0 Å². The molecule has 0 bridgehead atoms. The van der Waals surface area contributed by atoms with Crippen LogP contribution in [0.15, 0.2) is 0 Å². The van der Waals surface area contributed by atoms with E-state index in [1.165, 1.54) is 0 Å². The number of esters is 1. The van der Waals surface area contributed by atoms with E-state index in [1.807, 2.05) is 13.8 Å². The summed E-state index contributed by atoms with van der Waals surface area (Å²) < 4.78 is 4.75. The minimum Gasteiger partial charge on any atom is -0.466 e. The van der Waals surface area contributed by atoms with Crippen LogP contribution in [0.1, 0.15) is 33.6 Å². The highest BCUT2D eigenvalue weighted by Crippen LogP contribution is 2.13. The van der Waals surface area contributed by atoms with Crippen molar-refractivity contribution in [3.05, 3.63) is 0 Å². The molecule has 1 rings (SSSR count). The quantitative estimate of drug-likeness (QED) is 0.685.